The Balaban J connectivity index is 5.13. The summed E-state index contributed by atoms with van der Waals surface area (Å²) < 4.78 is 67.0. The Morgan fingerprint density at radius 3 is 0.958 bits per heavy atom. The van der Waals surface area contributed by atoms with E-state index in [2.05, 4.69) is 34.6 Å². The summed E-state index contributed by atoms with van der Waals surface area (Å²) in [4.78, 5) is 71.0. The number of hydrogen-bond acceptors (Lipinski definition) is 15. The van der Waals surface area contributed by atoms with Gasteiger partial charge < -0.3 is 33.8 Å². The summed E-state index contributed by atoms with van der Waals surface area (Å²) in [7, 11) is -9.84. The molecule has 0 bridgehead atoms. The van der Waals surface area contributed by atoms with Gasteiger partial charge in [0.1, 0.15) is 19.3 Å². The van der Waals surface area contributed by atoms with Crippen molar-refractivity contribution in [3.63, 3.8) is 0 Å². The van der Waals surface area contributed by atoms with Crippen molar-refractivity contribution in [2.75, 3.05) is 39.6 Å². The molecule has 19 heteroatoms. The second-order valence-corrected chi connectivity index (χ2v) is 22.3. The van der Waals surface area contributed by atoms with E-state index in [9.17, 15) is 43.2 Å². The van der Waals surface area contributed by atoms with Crippen LogP contribution >= 0.6 is 15.6 Å². The smallest absolute Gasteiger partial charge is 0.462 e. The summed E-state index contributed by atoms with van der Waals surface area (Å²) in [5, 5.41) is 10.4. The third-order valence-electron chi connectivity index (χ3n) is 11.8. The largest absolute Gasteiger partial charge is 0.472 e. The molecule has 0 aromatic heterocycles. The van der Waals surface area contributed by atoms with Crippen molar-refractivity contribution in [3.05, 3.63) is 0 Å². The molecule has 17 nitrogen and oxygen atoms in total. The molecular weight excluding hydrogens is 959 g/mol. The van der Waals surface area contributed by atoms with Gasteiger partial charge in [-0.15, -0.1) is 0 Å². The molecule has 2 unspecified atom stereocenters. The number of unbranched alkanes of at least 4 members (excludes halogenated alkanes) is 24. The number of esters is 4. The highest BCUT2D eigenvalue weighted by Crippen LogP contribution is 2.45. The highest BCUT2D eigenvalue weighted by atomic mass is 31.2. The number of rotatable bonds is 52. The molecule has 0 saturated heterocycles. The zero-order valence-corrected chi connectivity index (χ0v) is 46.6. The molecule has 0 saturated carbocycles. The summed E-state index contributed by atoms with van der Waals surface area (Å²) in [6.45, 7) is 6.88. The fourth-order valence-corrected chi connectivity index (χ4v) is 9.04. The van der Waals surface area contributed by atoms with E-state index in [1.807, 2.05) is 0 Å². The van der Waals surface area contributed by atoms with Crippen molar-refractivity contribution in [2.24, 2.45) is 5.92 Å². The molecule has 0 spiro atoms. The van der Waals surface area contributed by atoms with Crippen LogP contribution in [0.1, 0.15) is 247 Å². The van der Waals surface area contributed by atoms with Gasteiger partial charge in [-0.3, -0.25) is 37.3 Å². The van der Waals surface area contributed by atoms with E-state index in [0.717, 1.165) is 109 Å². The van der Waals surface area contributed by atoms with Crippen LogP contribution in [0.4, 0.5) is 0 Å². The fraction of sp³-hybridized carbons (Fsp3) is 0.923. The molecule has 71 heavy (non-hydrogen) atoms. The average Bonchev–Trinajstić information content (AvgIpc) is 3.32. The van der Waals surface area contributed by atoms with E-state index in [-0.39, 0.29) is 25.7 Å². The third kappa shape index (κ3) is 47.5. The number of ether oxygens (including phenoxy) is 4. The van der Waals surface area contributed by atoms with Gasteiger partial charge in [-0.05, 0) is 31.6 Å². The zero-order chi connectivity index (χ0) is 52.9. The lowest BCUT2D eigenvalue weighted by Gasteiger charge is -2.21. The quantitative estimate of drug-likeness (QED) is 0.0222. The van der Waals surface area contributed by atoms with Crippen molar-refractivity contribution >= 4 is 39.5 Å². The Bertz CT molecular complexity index is 1420. The van der Waals surface area contributed by atoms with Crippen LogP contribution in [0.15, 0.2) is 0 Å². The molecule has 0 fully saturated rings. The maximum absolute atomic E-state index is 12.8. The maximum Gasteiger partial charge on any atom is 0.472 e. The minimum Gasteiger partial charge on any atom is -0.462 e. The predicted molar refractivity (Wildman–Crippen MR) is 275 cm³/mol. The van der Waals surface area contributed by atoms with Gasteiger partial charge in [0.25, 0.3) is 0 Å². The highest BCUT2D eigenvalue weighted by Gasteiger charge is 2.30. The minimum absolute atomic E-state index is 0.0986. The van der Waals surface area contributed by atoms with Crippen LogP contribution in [0.5, 0.6) is 0 Å². The van der Waals surface area contributed by atoms with Gasteiger partial charge in [0.15, 0.2) is 12.2 Å². The second-order valence-electron chi connectivity index (χ2n) is 19.4. The van der Waals surface area contributed by atoms with Gasteiger partial charge in [-0.2, -0.15) is 0 Å². The predicted octanol–water partition coefficient (Wildman–Crippen LogP) is 13.1. The van der Waals surface area contributed by atoms with Crippen molar-refractivity contribution in [2.45, 2.75) is 265 Å². The first kappa shape index (κ1) is 69.1. The summed E-state index contributed by atoms with van der Waals surface area (Å²) in [5.41, 5.74) is 0. The topological polar surface area (TPSA) is 237 Å². The number of hydrogen-bond donors (Lipinski definition) is 3. The molecule has 0 aromatic carbocycles. The van der Waals surface area contributed by atoms with Crippen LogP contribution in [0.2, 0.25) is 0 Å². The highest BCUT2D eigenvalue weighted by molar-refractivity contribution is 7.47. The molecule has 0 rings (SSSR count). The van der Waals surface area contributed by atoms with E-state index in [1.165, 1.54) is 57.8 Å². The van der Waals surface area contributed by atoms with E-state index in [0.29, 0.717) is 25.7 Å². The summed E-state index contributed by atoms with van der Waals surface area (Å²) in [5.74, 6) is -1.42. The molecule has 0 amide bonds. The lowest BCUT2D eigenvalue weighted by Crippen LogP contribution is -2.30. The van der Waals surface area contributed by atoms with Gasteiger partial charge in [-0.25, -0.2) is 9.13 Å². The maximum atomic E-state index is 12.8. The van der Waals surface area contributed by atoms with Crippen molar-refractivity contribution < 1.29 is 80.2 Å². The Morgan fingerprint density at radius 1 is 0.380 bits per heavy atom. The number of aliphatic hydroxyl groups excluding tert-OH is 1. The molecule has 0 heterocycles. The number of carbonyl (C=O) groups excluding carboxylic acids is 4. The molecule has 0 radical (unpaired) electrons. The standard InChI is InChI=1S/C52H100O17P2/c1-6-9-12-15-16-22-27-31-36-50(55)63-42-48(69-52(57)38-33-28-23-20-18-17-19-21-26-29-34-45(4)5)44-67-71(60,61)65-40-46(53)39-64-70(58,59)66-43-47(68-51(56)37-32-25-14-11-8-3)41-62-49(54)35-30-24-13-10-7-2/h45-48,53H,6-44H2,1-5H3,(H,58,59)(H,60,61)/t46-,47+,48+/m0/s1. The lowest BCUT2D eigenvalue weighted by molar-refractivity contribution is -0.161. The van der Waals surface area contributed by atoms with Crippen LogP contribution in [0.25, 0.3) is 0 Å². The van der Waals surface area contributed by atoms with Crippen LogP contribution < -0.4 is 0 Å². The second kappa shape index (κ2) is 46.6. The van der Waals surface area contributed by atoms with E-state index >= 15 is 0 Å². The Morgan fingerprint density at radius 2 is 0.648 bits per heavy atom. The Kier molecular flexibility index (Phi) is 45.3. The zero-order valence-electron chi connectivity index (χ0n) is 44.8. The van der Waals surface area contributed by atoms with Crippen molar-refractivity contribution in [1.29, 1.82) is 0 Å². The first-order valence-electron chi connectivity index (χ1n) is 27.6. The number of carbonyl (C=O) groups is 4. The average molecular weight is 1060 g/mol. The lowest BCUT2D eigenvalue weighted by atomic mass is 10.0. The van der Waals surface area contributed by atoms with Gasteiger partial charge in [0, 0.05) is 25.7 Å². The Labute approximate surface area is 428 Å². The first-order chi connectivity index (χ1) is 34.0. The van der Waals surface area contributed by atoms with E-state index in [1.54, 1.807) is 0 Å². The number of phosphoric acid groups is 2. The summed E-state index contributed by atoms with van der Waals surface area (Å²) in [6.07, 6.45) is 26.0. The summed E-state index contributed by atoms with van der Waals surface area (Å²) in [6, 6.07) is 0. The third-order valence-corrected chi connectivity index (χ3v) is 13.7. The van der Waals surface area contributed by atoms with Gasteiger partial charge in [0.05, 0.1) is 26.4 Å². The monoisotopic (exact) mass is 1060 g/mol. The normalized spacial score (nSPS) is 14.6. The van der Waals surface area contributed by atoms with Crippen molar-refractivity contribution in [3.8, 4) is 0 Å². The molecular formula is C52H100O17P2. The first-order valence-corrected chi connectivity index (χ1v) is 30.6. The van der Waals surface area contributed by atoms with Crippen LogP contribution in [0, 0.1) is 5.92 Å². The van der Waals surface area contributed by atoms with Gasteiger partial charge in [0.2, 0.25) is 0 Å². The molecule has 0 aliphatic heterocycles. The molecule has 3 N–H and O–H groups in total. The van der Waals surface area contributed by atoms with Crippen LogP contribution in [-0.2, 0) is 65.4 Å². The number of aliphatic hydroxyl groups is 1. The minimum atomic E-state index is -4.93. The molecule has 0 aromatic rings. The molecule has 420 valence electrons. The van der Waals surface area contributed by atoms with Crippen molar-refractivity contribution in [1.82, 2.24) is 0 Å². The summed E-state index contributed by atoms with van der Waals surface area (Å²) >= 11 is 0. The molecule has 0 aliphatic carbocycles. The van der Waals surface area contributed by atoms with Gasteiger partial charge >= 0.3 is 39.5 Å². The SMILES string of the molecule is CCCCCCCCCCC(=O)OC[C@H](COP(=O)(O)OC[C@@H](O)COP(=O)(O)OC[C@@H](COC(=O)CCCCCCC)OC(=O)CCCCCCC)OC(=O)CCCCCCCCCCCCC(C)C. The number of phosphoric ester groups is 2. The van der Waals surface area contributed by atoms with Crippen LogP contribution in [-0.4, -0.2) is 96.7 Å². The Hall–Kier alpha value is -1.94. The molecule has 5 atom stereocenters. The van der Waals surface area contributed by atoms with E-state index in [4.69, 9.17) is 37.0 Å². The van der Waals surface area contributed by atoms with Gasteiger partial charge in [-0.1, -0.05) is 195 Å². The fourth-order valence-electron chi connectivity index (χ4n) is 7.46. The molecule has 0 aliphatic rings. The van der Waals surface area contributed by atoms with E-state index < -0.39 is 97.5 Å². The van der Waals surface area contributed by atoms with Crippen LogP contribution in [0.3, 0.4) is 0 Å².